The third-order valence-corrected chi connectivity index (χ3v) is 4.50. The summed E-state index contributed by atoms with van der Waals surface area (Å²) in [5.74, 6) is 0.0416. The highest BCUT2D eigenvalue weighted by atomic mass is 16.7. The molecule has 128 valence electrons. The summed E-state index contributed by atoms with van der Waals surface area (Å²) in [6, 6.07) is 0. The quantitative estimate of drug-likeness (QED) is 0.503. The van der Waals surface area contributed by atoms with Gasteiger partial charge in [0.2, 0.25) is 0 Å². The molecular formula is C18H32O4. The summed E-state index contributed by atoms with van der Waals surface area (Å²) in [4.78, 5) is 0. The van der Waals surface area contributed by atoms with Crippen LogP contribution in [0.4, 0.5) is 0 Å². The topological polar surface area (TPSA) is 36.9 Å². The SMILES string of the molecule is CCC/C=C/C1COC(CCCCC)(C2COCOC2)OC1. The molecular weight excluding hydrogens is 280 g/mol. The molecule has 2 aliphatic rings. The first-order valence-electron chi connectivity index (χ1n) is 8.90. The lowest BCUT2D eigenvalue weighted by atomic mass is 9.92. The lowest BCUT2D eigenvalue weighted by Crippen LogP contribution is -2.53. The van der Waals surface area contributed by atoms with Gasteiger partial charge in [-0.25, -0.2) is 0 Å². The third-order valence-electron chi connectivity index (χ3n) is 4.50. The predicted molar refractivity (Wildman–Crippen MR) is 86.6 cm³/mol. The fourth-order valence-electron chi connectivity index (χ4n) is 3.10. The normalized spacial score (nSPS) is 30.9. The third kappa shape index (κ3) is 5.05. The van der Waals surface area contributed by atoms with Crippen molar-refractivity contribution in [2.45, 2.75) is 58.2 Å². The molecule has 4 heteroatoms. The van der Waals surface area contributed by atoms with E-state index in [4.69, 9.17) is 18.9 Å². The Morgan fingerprint density at radius 3 is 2.32 bits per heavy atom. The Hall–Kier alpha value is -0.420. The average Bonchev–Trinajstić information content (AvgIpc) is 2.58. The van der Waals surface area contributed by atoms with E-state index in [-0.39, 0.29) is 5.92 Å². The minimum Gasteiger partial charge on any atom is -0.355 e. The van der Waals surface area contributed by atoms with Crippen molar-refractivity contribution in [1.82, 2.24) is 0 Å². The smallest absolute Gasteiger partial charge is 0.175 e. The van der Waals surface area contributed by atoms with Crippen LogP contribution in [0.5, 0.6) is 0 Å². The Morgan fingerprint density at radius 2 is 1.68 bits per heavy atom. The fraction of sp³-hybridized carbons (Fsp3) is 0.889. The van der Waals surface area contributed by atoms with E-state index in [0.29, 0.717) is 25.9 Å². The van der Waals surface area contributed by atoms with Crippen molar-refractivity contribution >= 4 is 0 Å². The van der Waals surface area contributed by atoms with E-state index in [0.717, 1.165) is 32.5 Å². The van der Waals surface area contributed by atoms with E-state index in [9.17, 15) is 0 Å². The van der Waals surface area contributed by atoms with Crippen LogP contribution in [0, 0.1) is 11.8 Å². The van der Waals surface area contributed by atoms with E-state index in [1.165, 1.54) is 19.3 Å². The molecule has 4 nitrogen and oxygen atoms in total. The van der Waals surface area contributed by atoms with Gasteiger partial charge in [0.15, 0.2) is 5.79 Å². The summed E-state index contributed by atoms with van der Waals surface area (Å²) < 4.78 is 23.5. The van der Waals surface area contributed by atoms with Crippen molar-refractivity contribution in [3.63, 3.8) is 0 Å². The molecule has 2 aliphatic heterocycles. The number of unbranched alkanes of at least 4 members (excludes halogenated alkanes) is 3. The predicted octanol–water partition coefficient (Wildman–Crippen LogP) is 3.90. The largest absolute Gasteiger partial charge is 0.355 e. The summed E-state index contributed by atoms with van der Waals surface area (Å²) in [5.41, 5.74) is 0. The first-order chi connectivity index (χ1) is 10.8. The molecule has 0 unspecified atom stereocenters. The Morgan fingerprint density at radius 1 is 0.955 bits per heavy atom. The summed E-state index contributed by atoms with van der Waals surface area (Å²) in [6.07, 6.45) is 11.3. The molecule has 0 atom stereocenters. The zero-order valence-corrected chi connectivity index (χ0v) is 14.2. The Balaban J connectivity index is 1.91. The van der Waals surface area contributed by atoms with Gasteiger partial charge >= 0.3 is 0 Å². The van der Waals surface area contributed by atoms with Crippen molar-refractivity contribution in [1.29, 1.82) is 0 Å². The number of allylic oxidation sites excluding steroid dienone is 1. The van der Waals surface area contributed by atoms with Crippen molar-refractivity contribution in [3.8, 4) is 0 Å². The molecule has 0 aromatic heterocycles. The van der Waals surface area contributed by atoms with Gasteiger partial charge in [-0.05, 0) is 12.8 Å². The molecule has 0 amide bonds. The summed E-state index contributed by atoms with van der Waals surface area (Å²) in [5, 5.41) is 0. The zero-order valence-electron chi connectivity index (χ0n) is 14.2. The monoisotopic (exact) mass is 312 g/mol. The summed E-state index contributed by atoms with van der Waals surface area (Å²) in [7, 11) is 0. The molecule has 0 spiro atoms. The van der Waals surface area contributed by atoms with Gasteiger partial charge in [0.25, 0.3) is 0 Å². The van der Waals surface area contributed by atoms with Crippen LogP contribution in [0.1, 0.15) is 52.4 Å². The average molecular weight is 312 g/mol. The van der Waals surface area contributed by atoms with E-state index < -0.39 is 5.79 Å². The molecule has 0 aromatic rings. The lowest BCUT2D eigenvalue weighted by Gasteiger charge is -2.45. The van der Waals surface area contributed by atoms with Gasteiger partial charge < -0.3 is 18.9 Å². The van der Waals surface area contributed by atoms with Crippen LogP contribution >= 0.6 is 0 Å². The van der Waals surface area contributed by atoms with E-state index in [1.807, 2.05) is 0 Å². The lowest BCUT2D eigenvalue weighted by molar-refractivity contribution is -0.331. The van der Waals surface area contributed by atoms with Crippen molar-refractivity contribution < 1.29 is 18.9 Å². The summed E-state index contributed by atoms with van der Waals surface area (Å²) >= 11 is 0. The Labute approximate surface area is 135 Å². The number of hydrogen-bond donors (Lipinski definition) is 0. The van der Waals surface area contributed by atoms with E-state index in [1.54, 1.807) is 0 Å². The van der Waals surface area contributed by atoms with Crippen molar-refractivity contribution in [3.05, 3.63) is 12.2 Å². The highest BCUT2D eigenvalue weighted by Gasteiger charge is 2.45. The first kappa shape index (κ1) is 17.9. The van der Waals surface area contributed by atoms with Gasteiger partial charge in [-0.3, -0.25) is 0 Å². The van der Waals surface area contributed by atoms with Crippen LogP contribution in [-0.2, 0) is 18.9 Å². The fourth-order valence-corrected chi connectivity index (χ4v) is 3.10. The van der Waals surface area contributed by atoms with Gasteiger partial charge in [-0.1, -0.05) is 45.3 Å². The molecule has 0 bridgehead atoms. The number of ether oxygens (including phenoxy) is 4. The zero-order chi connectivity index (χ0) is 15.7. The second-order valence-corrected chi connectivity index (χ2v) is 6.42. The number of rotatable bonds is 8. The standard InChI is InChI=1S/C18H32O4/c1-3-5-7-9-16-11-21-18(22-12-16,10-8-6-4-2)17-13-19-15-20-14-17/h7,9,16-17H,3-6,8,10-15H2,1-2H3/b9-7+. The molecule has 0 N–H and O–H groups in total. The van der Waals surface area contributed by atoms with Crippen LogP contribution in [-0.4, -0.2) is 39.0 Å². The van der Waals surface area contributed by atoms with Crippen LogP contribution in [0.15, 0.2) is 12.2 Å². The van der Waals surface area contributed by atoms with Gasteiger partial charge in [0.05, 0.1) is 32.3 Å². The van der Waals surface area contributed by atoms with Crippen LogP contribution < -0.4 is 0 Å². The van der Waals surface area contributed by atoms with E-state index in [2.05, 4.69) is 26.0 Å². The van der Waals surface area contributed by atoms with Crippen molar-refractivity contribution in [2.24, 2.45) is 11.8 Å². The molecule has 2 heterocycles. The maximum absolute atomic E-state index is 6.26. The molecule has 2 rings (SSSR count). The molecule has 0 saturated carbocycles. The molecule has 0 aliphatic carbocycles. The highest BCUT2D eigenvalue weighted by molar-refractivity contribution is 4.93. The van der Waals surface area contributed by atoms with Gasteiger partial charge in [-0.2, -0.15) is 0 Å². The van der Waals surface area contributed by atoms with Crippen LogP contribution in [0.25, 0.3) is 0 Å². The second-order valence-electron chi connectivity index (χ2n) is 6.42. The van der Waals surface area contributed by atoms with Gasteiger partial charge in [0.1, 0.15) is 6.79 Å². The molecule has 22 heavy (non-hydrogen) atoms. The minimum absolute atomic E-state index is 0.179. The Kier molecular flexibility index (Phi) is 7.87. The maximum Gasteiger partial charge on any atom is 0.175 e. The molecule has 0 aromatic carbocycles. The summed E-state index contributed by atoms with van der Waals surface area (Å²) in [6.45, 7) is 7.62. The Bertz CT molecular complexity index is 315. The number of hydrogen-bond acceptors (Lipinski definition) is 4. The van der Waals surface area contributed by atoms with Crippen LogP contribution in [0.2, 0.25) is 0 Å². The molecule has 0 radical (unpaired) electrons. The maximum atomic E-state index is 6.26. The van der Waals surface area contributed by atoms with Crippen molar-refractivity contribution in [2.75, 3.05) is 33.2 Å². The van der Waals surface area contributed by atoms with Crippen LogP contribution in [0.3, 0.4) is 0 Å². The van der Waals surface area contributed by atoms with E-state index >= 15 is 0 Å². The molecule has 2 fully saturated rings. The van der Waals surface area contributed by atoms with Gasteiger partial charge in [0, 0.05) is 12.3 Å². The van der Waals surface area contributed by atoms with Gasteiger partial charge in [-0.15, -0.1) is 0 Å². The highest BCUT2D eigenvalue weighted by Crippen LogP contribution is 2.36. The first-order valence-corrected chi connectivity index (χ1v) is 8.90. The minimum atomic E-state index is -0.509. The second kappa shape index (κ2) is 9.66. The molecule has 2 saturated heterocycles.